The van der Waals surface area contributed by atoms with E-state index < -0.39 is 0 Å². The third-order valence-corrected chi connectivity index (χ3v) is 4.37. The summed E-state index contributed by atoms with van der Waals surface area (Å²) in [5.74, 6) is 1.27. The summed E-state index contributed by atoms with van der Waals surface area (Å²) >= 11 is 5.14. The second kappa shape index (κ2) is 9.22. The van der Waals surface area contributed by atoms with Gasteiger partial charge in [0, 0.05) is 29.9 Å². The summed E-state index contributed by atoms with van der Waals surface area (Å²) in [5, 5.41) is 6.52. The van der Waals surface area contributed by atoms with E-state index in [1.165, 1.54) is 4.90 Å². The molecule has 1 aromatic carbocycles. The van der Waals surface area contributed by atoms with Crippen LogP contribution in [0.2, 0.25) is 0 Å². The van der Waals surface area contributed by atoms with Crippen LogP contribution in [0.15, 0.2) is 39.8 Å². The minimum atomic E-state index is 0.149. The molecule has 2 rings (SSSR count). The van der Waals surface area contributed by atoms with Crippen LogP contribution >= 0.6 is 27.9 Å². The number of aromatic nitrogens is 2. The Labute approximate surface area is 155 Å². The number of anilines is 3. The summed E-state index contributed by atoms with van der Waals surface area (Å²) in [7, 11) is 5.72. The number of nitrogens with zero attached hydrogens (tertiary/aromatic N) is 3. The van der Waals surface area contributed by atoms with Crippen LogP contribution in [0.5, 0.6) is 0 Å². The Kier molecular flexibility index (Phi) is 7.29. The van der Waals surface area contributed by atoms with Gasteiger partial charge in [-0.05, 0) is 73.2 Å². The summed E-state index contributed by atoms with van der Waals surface area (Å²) in [4.78, 5) is 9.99. The van der Waals surface area contributed by atoms with Crippen LogP contribution in [0, 0.1) is 0 Å². The van der Waals surface area contributed by atoms with Crippen molar-refractivity contribution in [2.75, 3.05) is 38.4 Å². The molecule has 0 spiro atoms. The first-order chi connectivity index (χ1) is 11.5. The maximum atomic E-state index is 5.14. The molecule has 0 aliphatic rings. The average molecular weight is 412 g/mol. The molecule has 0 radical (unpaired) electrons. The first-order valence-electron chi connectivity index (χ1n) is 7.48. The lowest BCUT2D eigenvalue weighted by atomic mass is 10.3. The number of hydrogen-bond donors (Lipinski definition) is 2. The topological polar surface area (TPSA) is 62.3 Å². The van der Waals surface area contributed by atoms with Crippen LogP contribution in [0.4, 0.5) is 17.5 Å². The van der Waals surface area contributed by atoms with Gasteiger partial charge in [0.2, 0.25) is 5.95 Å². The fourth-order valence-corrected chi connectivity index (χ4v) is 2.98. The van der Waals surface area contributed by atoms with Gasteiger partial charge < -0.3 is 15.4 Å². The molecule has 0 bridgehead atoms. The van der Waals surface area contributed by atoms with E-state index in [2.05, 4.69) is 53.0 Å². The highest BCUT2D eigenvalue weighted by Crippen LogP contribution is 2.25. The van der Waals surface area contributed by atoms with Crippen LogP contribution in [0.3, 0.4) is 0 Å². The van der Waals surface area contributed by atoms with Crippen molar-refractivity contribution in [2.24, 2.45) is 0 Å². The molecule has 1 heterocycles. The number of methoxy groups -OCH3 is 1. The number of halogens is 1. The minimum absolute atomic E-state index is 0.149. The summed E-state index contributed by atoms with van der Waals surface area (Å²) in [5.41, 5.74) is 0.941. The summed E-state index contributed by atoms with van der Waals surface area (Å²) in [6.07, 6.45) is 1.73. The van der Waals surface area contributed by atoms with Gasteiger partial charge in [0.05, 0.1) is 11.1 Å². The van der Waals surface area contributed by atoms with E-state index in [1.807, 2.05) is 33.2 Å². The molecule has 0 aliphatic heterocycles. The first-order valence-corrected chi connectivity index (χ1v) is 9.05. The number of ether oxygens (including phenoxy) is 1. The first kappa shape index (κ1) is 19.0. The van der Waals surface area contributed by atoms with Gasteiger partial charge in [-0.1, -0.05) is 0 Å². The van der Waals surface area contributed by atoms with Gasteiger partial charge >= 0.3 is 0 Å². The minimum Gasteiger partial charge on any atom is -0.383 e. The van der Waals surface area contributed by atoms with Crippen LogP contribution in [-0.4, -0.2) is 48.1 Å². The Bertz CT molecular complexity index is 653. The lowest BCUT2D eigenvalue weighted by molar-refractivity contribution is 0.190. The molecule has 0 saturated heterocycles. The van der Waals surface area contributed by atoms with Crippen LogP contribution in [0.1, 0.15) is 6.92 Å². The van der Waals surface area contributed by atoms with E-state index in [0.717, 1.165) is 16.0 Å². The summed E-state index contributed by atoms with van der Waals surface area (Å²) < 4.78 is 8.01. The second-order valence-electron chi connectivity index (χ2n) is 5.44. The monoisotopic (exact) mass is 411 g/mol. The van der Waals surface area contributed by atoms with E-state index in [9.17, 15) is 0 Å². The standard InChI is InChI=1S/C16H22BrN5OS/c1-11(10-23-4)19-15-14(17)9-18-16(21-15)20-12-5-7-13(8-6-12)24-22(2)3/h5-9,11H,10H2,1-4H3,(H2,18,19,20,21). The molecule has 0 fully saturated rings. The van der Waals surface area contributed by atoms with Crippen molar-refractivity contribution in [1.82, 2.24) is 14.3 Å². The Balaban J connectivity index is 2.06. The number of hydrogen-bond acceptors (Lipinski definition) is 7. The van der Waals surface area contributed by atoms with Crippen molar-refractivity contribution >= 4 is 45.3 Å². The van der Waals surface area contributed by atoms with Gasteiger partial charge in [-0.3, -0.25) is 4.31 Å². The maximum Gasteiger partial charge on any atom is 0.229 e. The highest BCUT2D eigenvalue weighted by Gasteiger charge is 2.09. The third kappa shape index (κ3) is 5.94. The molecule has 1 unspecified atom stereocenters. The van der Waals surface area contributed by atoms with Crippen LogP contribution < -0.4 is 10.6 Å². The highest BCUT2D eigenvalue weighted by molar-refractivity contribution is 9.10. The van der Waals surface area contributed by atoms with Crippen molar-refractivity contribution < 1.29 is 4.74 Å². The van der Waals surface area contributed by atoms with Gasteiger partial charge in [0.15, 0.2) is 0 Å². The quantitative estimate of drug-likeness (QED) is 0.636. The molecule has 2 aromatic rings. The molecular weight excluding hydrogens is 390 g/mol. The molecule has 1 atom stereocenters. The van der Waals surface area contributed by atoms with E-state index in [-0.39, 0.29) is 6.04 Å². The van der Waals surface area contributed by atoms with Gasteiger partial charge in [0.1, 0.15) is 5.82 Å². The predicted molar refractivity (Wildman–Crippen MR) is 104 cm³/mol. The Morgan fingerprint density at radius 2 is 2.00 bits per heavy atom. The molecule has 1 aromatic heterocycles. The zero-order valence-electron chi connectivity index (χ0n) is 14.2. The predicted octanol–water partition coefficient (Wildman–Crippen LogP) is 4.00. The van der Waals surface area contributed by atoms with Gasteiger partial charge in [0.25, 0.3) is 0 Å². The number of nitrogens with one attached hydrogen (secondary N) is 2. The van der Waals surface area contributed by atoms with E-state index in [0.29, 0.717) is 12.6 Å². The lowest BCUT2D eigenvalue weighted by Gasteiger charge is -2.15. The summed E-state index contributed by atoms with van der Waals surface area (Å²) in [6, 6.07) is 8.30. The van der Waals surface area contributed by atoms with Gasteiger partial charge in [-0.2, -0.15) is 4.98 Å². The average Bonchev–Trinajstić information content (AvgIpc) is 2.52. The molecule has 0 saturated carbocycles. The fraction of sp³-hybridized carbons (Fsp3) is 0.375. The zero-order valence-corrected chi connectivity index (χ0v) is 16.6. The Morgan fingerprint density at radius 1 is 1.29 bits per heavy atom. The van der Waals surface area contributed by atoms with Crippen molar-refractivity contribution in [3.63, 3.8) is 0 Å². The molecule has 2 N–H and O–H groups in total. The molecule has 8 heteroatoms. The smallest absolute Gasteiger partial charge is 0.229 e. The van der Waals surface area contributed by atoms with Crippen LogP contribution in [0.25, 0.3) is 0 Å². The van der Waals surface area contributed by atoms with Crippen molar-refractivity contribution in [2.45, 2.75) is 17.9 Å². The van der Waals surface area contributed by atoms with Crippen molar-refractivity contribution in [3.05, 3.63) is 34.9 Å². The maximum absolute atomic E-state index is 5.14. The normalized spacial score (nSPS) is 12.2. The van der Waals surface area contributed by atoms with Crippen molar-refractivity contribution in [3.8, 4) is 0 Å². The molecule has 6 nitrogen and oxygen atoms in total. The number of benzene rings is 1. The lowest BCUT2D eigenvalue weighted by Crippen LogP contribution is -2.22. The molecular formula is C16H22BrN5OS. The zero-order chi connectivity index (χ0) is 17.5. The van der Waals surface area contributed by atoms with Gasteiger partial charge in [-0.25, -0.2) is 4.98 Å². The highest BCUT2D eigenvalue weighted by atomic mass is 79.9. The van der Waals surface area contributed by atoms with Crippen molar-refractivity contribution in [1.29, 1.82) is 0 Å². The number of rotatable bonds is 8. The van der Waals surface area contributed by atoms with E-state index in [1.54, 1.807) is 25.3 Å². The Hall–Kier alpha value is -1.35. The SMILES string of the molecule is COCC(C)Nc1nc(Nc2ccc(SN(C)C)cc2)ncc1Br. The van der Waals surface area contributed by atoms with E-state index >= 15 is 0 Å². The van der Waals surface area contributed by atoms with E-state index in [4.69, 9.17) is 4.74 Å². The molecule has 24 heavy (non-hydrogen) atoms. The molecule has 130 valence electrons. The second-order valence-corrected chi connectivity index (χ2v) is 7.68. The summed E-state index contributed by atoms with van der Waals surface area (Å²) in [6.45, 7) is 2.64. The molecule has 0 aliphatic carbocycles. The Morgan fingerprint density at radius 3 is 2.62 bits per heavy atom. The third-order valence-electron chi connectivity index (χ3n) is 2.94. The van der Waals surface area contributed by atoms with Gasteiger partial charge in [-0.15, -0.1) is 0 Å². The largest absolute Gasteiger partial charge is 0.383 e. The molecule has 0 amide bonds. The fourth-order valence-electron chi connectivity index (χ4n) is 1.99. The van der Waals surface area contributed by atoms with Crippen LogP contribution in [-0.2, 0) is 4.74 Å².